The van der Waals surface area contributed by atoms with Gasteiger partial charge in [-0.25, -0.2) is 0 Å². The van der Waals surface area contributed by atoms with Crippen molar-refractivity contribution >= 4 is 0 Å². The number of hydrogen-bond donors (Lipinski definition) is 1. The minimum atomic E-state index is -0.0889. The number of aliphatic hydroxyl groups excluding tert-OH is 1. The lowest BCUT2D eigenvalue weighted by molar-refractivity contribution is 0.0927. The lowest BCUT2D eigenvalue weighted by Crippen LogP contribution is -2.28. The Morgan fingerprint density at radius 2 is 2.57 bits per heavy atom. The Labute approximate surface area is 83.5 Å². The van der Waals surface area contributed by atoms with Crippen LogP contribution in [0.2, 0.25) is 0 Å². The molecule has 1 aliphatic heterocycles. The molecule has 0 radical (unpaired) electrons. The van der Waals surface area contributed by atoms with Gasteiger partial charge in [-0.05, 0) is 12.5 Å². The first kappa shape index (κ1) is 9.68. The minimum Gasteiger partial charge on any atom is -0.396 e. The van der Waals surface area contributed by atoms with Crippen molar-refractivity contribution in [1.82, 2.24) is 9.78 Å². The van der Waals surface area contributed by atoms with Crippen LogP contribution in [-0.4, -0.2) is 34.7 Å². The third-order valence-electron chi connectivity index (χ3n) is 2.85. The normalized spacial score (nSPS) is 27.0. The Bertz CT molecular complexity index is 303. The fraction of sp³-hybridized carbons (Fsp3) is 0.700. The Balaban J connectivity index is 2.08. The van der Waals surface area contributed by atoms with Crippen molar-refractivity contribution in [1.29, 1.82) is 0 Å². The van der Waals surface area contributed by atoms with E-state index in [4.69, 9.17) is 4.74 Å². The van der Waals surface area contributed by atoms with Crippen molar-refractivity contribution in [3.63, 3.8) is 0 Å². The molecule has 1 unspecified atom stereocenters. The third-order valence-corrected chi connectivity index (χ3v) is 2.85. The maximum absolute atomic E-state index is 9.37. The third kappa shape index (κ3) is 1.81. The Hall–Kier alpha value is -0.870. The van der Waals surface area contributed by atoms with Crippen molar-refractivity contribution in [3.05, 3.63) is 18.0 Å². The lowest BCUT2D eigenvalue weighted by Gasteiger charge is -2.23. The summed E-state index contributed by atoms with van der Waals surface area (Å²) in [5.74, 6) is 0. The summed E-state index contributed by atoms with van der Waals surface area (Å²) in [4.78, 5) is 0. The monoisotopic (exact) mass is 196 g/mol. The lowest BCUT2D eigenvalue weighted by atomic mass is 9.83. The van der Waals surface area contributed by atoms with Gasteiger partial charge in [-0.15, -0.1) is 0 Å². The van der Waals surface area contributed by atoms with E-state index in [0.717, 1.165) is 25.1 Å². The van der Waals surface area contributed by atoms with E-state index in [9.17, 15) is 5.11 Å². The molecule has 1 fully saturated rings. The van der Waals surface area contributed by atoms with Gasteiger partial charge in [0.25, 0.3) is 0 Å². The predicted molar refractivity (Wildman–Crippen MR) is 51.9 cm³/mol. The van der Waals surface area contributed by atoms with Gasteiger partial charge < -0.3 is 9.84 Å². The number of ether oxygens (including phenoxy) is 1. The molecule has 1 saturated heterocycles. The Kier molecular flexibility index (Phi) is 2.56. The van der Waals surface area contributed by atoms with Crippen molar-refractivity contribution in [3.8, 4) is 0 Å². The average Bonchev–Trinajstić information content (AvgIpc) is 2.77. The van der Waals surface area contributed by atoms with Gasteiger partial charge in [-0.1, -0.05) is 0 Å². The highest BCUT2D eigenvalue weighted by atomic mass is 16.5. The maximum atomic E-state index is 9.37. The second-order valence-corrected chi connectivity index (χ2v) is 4.12. The van der Waals surface area contributed by atoms with Crippen LogP contribution in [0, 0.1) is 5.41 Å². The number of aromatic nitrogens is 2. The molecule has 0 bridgehead atoms. The van der Waals surface area contributed by atoms with E-state index in [2.05, 4.69) is 5.10 Å². The number of nitrogens with zero attached hydrogens (tertiary/aromatic N) is 2. The van der Waals surface area contributed by atoms with Gasteiger partial charge in [0.05, 0.1) is 18.9 Å². The highest BCUT2D eigenvalue weighted by molar-refractivity contribution is 5.04. The number of rotatable bonds is 3. The highest BCUT2D eigenvalue weighted by Gasteiger charge is 2.35. The number of aliphatic hydroxyl groups is 1. The zero-order valence-corrected chi connectivity index (χ0v) is 8.44. The summed E-state index contributed by atoms with van der Waals surface area (Å²) in [6, 6.07) is 2.00. The van der Waals surface area contributed by atoms with E-state index in [1.807, 2.05) is 19.3 Å². The number of hydrogen-bond acceptors (Lipinski definition) is 3. The summed E-state index contributed by atoms with van der Waals surface area (Å²) in [7, 11) is 1.90. The molecule has 0 saturated carbocycles. The zero-order chi connectivity index (χ0) is 10.0. The van der Waals surface area contributed by atoms with E-state index in [1.54, 1.807) is 4.68 Å². The summed E-state index contributed by atoms with van der Waals surface area (Å²) in [5.41, 5.74) is 0.945. The zero-order valence-electron chi connectivity index (χ0n) is 8.44. The van der Waals surface area contributed by atoms with Gasteiger partial charge in [-0.3, -0.25) is 4.68 Å². The molecule has 0 aliphatic carbocycles. The molecule has 1 N–H and O–H groups in total. The average molecular weight is 196 g/mol. The molecule has 4 nitrogen and oxygen atoms in total. The molecule has 4 heteroatoms. The van der Waals surface area contributed by atoms with E-state index < -0.39 is 0 Å². The van der Waals surface area contributed by atoms with Crippen LogP contribution < -0.4 is 0 Å². The van der Waals surface area contributed by atoms with Crippen molar-refractivity contribution in [2.24, 2.45) is 12.5 Å². The molecule has 1 aromatic heterocycles. The first-order valence-electron chi connectivity index (χ1n) is 4.91. The largest absolute Gasteiger partial charge is 0.396 e. The molecule has 78 valence electrons. The summed E-state index contributed by atoms with van der Waals surface area (Å²) in [6.07, 6.45) is 3.67. The quantitative estimate of drug-likeness (QED) is 0.759. The van der Waals surface area contributed by atoms with E-state index in [1.165, 1.54) is 0 Å². The predicted octanol–water partition coefficient (Wildman–Crippen LogP) is 0.362. The second kappa shape index (κ2) is 3.71. The topological polar surface area (TPSA) is 47.3 Å². The SMILES string of the molecule is Cn1ccc(CC2(CO)CCOC2)n1. The highest BCUT2D eigenvalue weighted by Crippen LogP contribution is 2.31. The first-order valence-corrected chi connectivity index (χ1v) is 4.91. The molecule has 1 aliphatic rings. The molecule has 0 amide bonds. The van der Waals surface area contributed by atoms with Crippen LogP contribution in [0.25, 0.3) is 0 Å². The minimum absolute atomic E-state index is 0.0889. The summed E-state index contributed by atoms with van der Waals surface area (Å²) < 4.78 is 7.12. The van der Waals surface area contributed by atoms with Gasteiger partial charge in [0.15, 0.2) is 0 Å². The fourth-order valence-corrected chi connectivity index (χ4v) is 1.91. The van der Waals surface area contributed by atoms with Crippen LogP contribution in [0.5, 0.6) is 0 Å². The van der Waals surface area contributed by atoms with Gasteiger partial charge in [-0.2, -0.15) is 5.10 Å². The van der Waals surface area contributed by atoms with Crippen LogP contribution in [-0.2, 0) is 18.2 Å². The van der Waals surface area contributed by atoms with Crippen LogP contribution in [0.1, 0.15) is 12.1 Å². The van der Waals surface area contributed by atoms with Crippen molar-refractivity contribution < 1.29 is 9.84 Å². The molecular formula is C10H16N2O2. The molecule has 2 heterocycles. The van der Waals surface area contributed by atoms with E-state index in [0.29, 0.717) is 6.61 Å². The van der Waals surface area contributed by atoms with Gasteiger partial charge >= 0.3 is 0 Å². The standard InChI is InChI=1S/C10H16N2O2/c1-12-4-2-9(11-12)6-10(7-13)3-5-14-8-10/h2,4,13H,3,5-8H2,1H3. The molecular weight excluding hydrogens is 180 g/mol. The van der Waals surface area contributed by atoms with Gasteiger partial charge in [0.2, 0.25) is 0 Å². The summed E-state index contributed by atoms with van der Waals surface area (Å²) >= 11 is 0. The molecule has 2 rings (SSSR count). The second-order valence-electron chi connectivity index (χ2n) is 4.12. The van der Waals surface area contributed by atoms with Gasteiger partial charge in [0.1, 0.15) is 0 Å². The van der Waals surface area contributed by atoms with Gasteiger partial charge in [0, 0.05) is 31.7 Å². The Morgan fingerprint density at radius 1 is 1.71 bits per heavy atom. The van der Waals surface area contributed by atoms with Crippen molar-refractivity contribution in [2.75, 3.05) is 19.8 Å². The van der Waals surface area contributed by atoms with E-state index in [-0.39, 0.29) is 12.0 Å². The van der Waals surface area contributed by atoms with E-state index >= 15 is 0 Å². The van der Waals surface area contributed by atoms with Crippen LogP contribution in [0.4, 0.5) is 0 Å². The Morgan fingerprint density at radius 3 is 3.07 bits per heavy atom. The molecule has 0 aromatic carbocycles. The summed E-state index contributed by atoms with van der Waals surface area (Å²) in [5, 5.41) is 13.7. The molecule has 1 aromatic rings. The first-order chi connectivity index (χ1) is 6.74. The van der Waals surface area contributed by atoms with Crippen molar-refractivity contribution in [2.45, 2.75) is 12.8 Å². The summed E-state index contributed by atoms with van der Waals surface area (Å²) in [6.45, 7) is 1.59. The number of aryl methyl sites for hydroxylation is 1. The maximum Gasteiger partial charge on any atom is 0.0631 e. The smallest absolute Gasteiger partial charge is 0.0631 e. The van der Waals surface area contributed by atoms with Crippen LogP contribution in [0.3, 0.4) is 0 Å². The molecule has 1 atom stereocenters. The van der Waals surface area contributed by atoms with Crippen LogP contribution in [0.15, 0.2) is 12.3 Å². The molecule has 14 heavy (non-hydrogen) atoms. The van der Waals surface area contributed by atoms with Crippen LogP contribution >= 0.6 is 0 Å². The molecule has 0 spiro atoms. The fourth-order valence-electron chi connectivity index (χ4n) is 1.91.